The Morgan fingerprint density at radius 1 is 1.23 bits per heavy atom. The zero-order valence-corrected chi connectivity index (χ0v) is 17.6. The van der Waals surface area contributed by atoms with Gasteiger partial charge < -0.3 is 24.4 Å². The molecule has 1 aliphatic rings. The molecule has 0 saturated heterocycles. The first-order chi connectivity index (χ1) is 14.5. The number of anilines is 1. The largest absolute Gasteiger partial charge is 0.497 e. The van der Waals surface area contributed by atoms with E-state index in [0.717, 1.165) is 23.3 Å². The molecule has 0 unspecified atom stereocenters. The summed E-state index contributed by atoms with van der Waals surface area (Å²) in [6, 6.07) is 12.9. The number of hydrogen-bond acceptors (Lipinski definition) is 5. The van der Waals surface area contributed by atoms with Crippen LogP contribution in [0.25, 0.3) is 0 Å². The Morgan fingerprint density at radius 2 is 2.07 bits per heavy atom. The van der Waals surface area contributed by atoms with E-state index in [1.165, 1.54) is 0 Å². The Morgan fingerprint density at radius 3 is 2.83 bits per heavy atom. The maximum atomic E-state index is 12.6. The van der Waals surface area contributed by atoms with Gasteiger partial charge >= 0.3 is 0 Å². The van der Waals surface area contributed by atoms with Gasteiger partial charge in [0.1, 0.15) is 11.5 Å². The zero-order chi connectivity index (χ0) is 21.5. The van der Waals surface area contributed by atoms with Gasteiger partial charge in [0.2, 0.25) is 5.91 Å². The van der Waals surface area contributed by atoms with Gasteiger partial charge in [0, 0.05) is 38.1 Å². The molecule has 30 heavy (non-hydrogen) atoms. The Bertz CT molecular complexity index is 899. The quantitative estimate of drug-likeness (QED) is 0.675. The van der Waals surface area contributed by atoms with E-state index in [1.807, 2.05) is 30.3 Å². The van der Waals surface area contributed by atoms with Gasteiger partial charge in [0.15, 0.2) is 6.10 Å². The summed E-state index contributed by atoms with van der Waals surface area (Å²) in [5.41, 5.74) is 2.40. The van der Waals surface area contributed by atoms with Crippen LogP contribution in [-0.4, -0.2) is 50.2 Å². The number of hydrogen-bond donors (Lipinski definition) is 1. The number of carbonyl (C=O) groups is 2. The lowest BCUT2D eigenvalue weighted by atomic mass is 10.1. The molecule has 2 amide bonds. The molecule has 1 heterocycles. The van der Waals surface area contributed by atoms with Gasteiger partial charge in [-0.05, 0) is 49.2 Å². The molecule has 1 aliphatic heterocycles. The van der Waals surface area contributed by atoms with Crippen LogP contribution >= 0.6 is 0 Å². The van der Waals surface area contributed by atoms with E-state index in [4.69, 9.17) is 14.2 Å². The van der Waals surface area contributed by atoms with E-state index in [2.05, 4.69) is 5.32 Å². The number of methoxy groups -OCH3 is 2. The summed E-state index contributed by atoms with van der Waals surface area (Å²) in [7, 11) is 3.24. The molecule has 0 spiro atoms. The first-order valence-corrected chi connectivity index (χ1v) is 10.00. The van der Waals surface area contributed by atoms with E-state index in [0.29, 0.717) is 31.1 Å². The summed E-state index contributed by atoms with van der Waals surface area (Å²) in [4.78, 5) is 26.9. The second-order valence-electron chi connectivity index (χ2n) is 7.27. The first kappa shape index (κ1) is 21.6. The van der Waals surface area contributed by atoms with Crippen molar-refractivity contribution in [2.24, 2.45) is 0 Å². The lowest BCUT2D eigenvalue weighted by Crippen LogP contribution is -2.38. The number of carbonyl (C=O) groups excluding carboxylic acids is 2. The predicted molar refractivity (Wildman–Crippen MR) is 114 cm³/mol. The molecular formula is C23H28N2O5. The minimum absolute atomic E-state index is 0.0501. The number of ether oxygens (including phenoxy) is 3. The van der Waals surface area contributed by atoms with Gasteiger partial charge in [-0.2, -0.15) is 0 Å². The Labute approximate surface area is 176 Å². The zero-order valence-electron chi connectivity index (χ0n) is 17.6. The predicted octanol–water partition coefficient (Wildman–Crippen LogP) is 3.02. The molecule has 2 aromatic carbocycles. The summed E-state index contributed by atoms with van der Waals surface area (Å²) < 4.78 is 16.1. The highest BCUT2D eigenvalue weighted by Gasteiger charge is 2.27. The Kier molecular flexibility index (Phi) is 7.30. The number of benzene rings is 2. The lowest BCUT2D eigenvalue weighted by Gasteiger charge is -2.22. The van der Waals surface area contributed by atoms with Crippen LogP contribution in [0.2, 0.25) is 0 Å². The van der Waals surface area contributed by atoms with Crippen molar-refractivity contribution >= 4 is 17.5 Å². The number of nitrogens with zero attached hydrogens (tertiary/aromatic N) is 1. The van der Waals surface area contributed by atoms with E-state index >= 15 is 0 Å². The number of nitrogens with one attached hydrogen (secondary N) is 1. The highest BCUT2D eigenvalue weighted by Crippen LogP contribution is 2.29. The van der Waals surface area contributed by atoms with Crippen LogP contribution < -0.4 is 14.8 Å². The van der Waals surface area contributed by atoms with Crippen LogP contribution in [0, 0.1) is 0 Å². The molecule has 7 heteroatoms. The van der Waals surface area contributed by atoms with Crippen molar-refractivity contribution in [2.45, 2.75) is 32.4 Å². The molecule has 0 aromatic heterocycles. The van der Waals surface area contributed by atoms with Crippen molar-refractivity contribution in [3.8, 4) is 11.5 Å². The van der Waals surface area contributed by atoms with Crippen LogP contribution in [0.15, 0.2) is 42.5 Å². The second kappa shape index (κ2) is 10.1. The normalized spacial score (nSPS) is 15.8. The third-order valence-electron chi connectivity index (χ3n) is 4.94. The third kappa shape index (κ3) is 5.51. The molecule has 1 N–H and O–H groups in total. The topological polar surface area (TPSA) is 77.1 Å². The Hall–Kier alpha value is -3.06. The molecule has 0 aliphatic carbocycles. The van der Waals surface area contributed by atoms with Crippen molar-refractivity contribution in [1.29, 1.82) is 0 Å². The fourth-order valence-corrected chi connectivity index (χ4v) is 3.44. The summed E-state index contributed by atoms with van der Waals surface area (Å²) in [5.74, 6) is 1.20. The van der Waals surface area contributed by atoms with E-state index < -0.39 is 6.10 Å². The van der Waals surface area contributed by atoms with E-state index in [9.17, 15) is 9.59 Å². The van der Waals surface area contributed by atoms with Crippen molar-refractivity contribution in [2.75, 3.05) is 32.7 Å². The smallest absolute Gasteiger partial charge is 0.263 e. The maximum Gasteiger partial charge on any atom is 0.263 e. The van der Waals surface area contributed by atoms with Crippen molar-refractivity contribution in [3.63, 3.8) is 0 Å². The number of amides is 2. The molecule has 1 atom stereocenters. The second-order valence-corrected chi connectivity index (χ2v) is 7.27. The monoisotopic (exact) mass is 412 g/mol. The van der Waals surface area contributed by atoms with Gasteiger partial charge in [-0.1, -0.05) is 12.1 Å². The summed E-state index contributed by atoms with van der Waals surface area (Å²) in [6.07, 6.45) is 0.437. The summed E-state index contributed by atoms with van der Waals surface area (Å²) in [5, 5.41) is 2.93. The first-order valence-electron chi connectivity index (χ1n) is 10.00. The van der Waals surface area contributed by atoms with Crippen molar-refractivity contribution in [1.82, 2.24) is 4.90 Å². The molecule has 3 rings (SSSR count). The van der Waals surface area contributed by atoms with Crippen LogP contribution in [0.1, 0.15) is 24.5 Å². The Balaban J connectivity index is 1.70. The average molecular weight is 412 g/mol. The highest BCUT2D eigenvalue weighted by atomic mass is 16.5. The van der Waals surface area contributed by atoms with Gasteiger partial charge in [0.05, 0.1) is 13.5 Å². The molecule has 0 radical (unpaired) electrons. The standard InChI is InChI=1S/C23H28N2O5/c1-16-23(27)25(10-5-11-28-2)15-18-14-19(8-9-21(18)30-16)24-22(26)13-17-6-4-7-20(12-17)29-3/h4,6-9,12,14,16H,5,10-11,13,15H2,1-3H3,(H,24,26)/t16-/m1/s1. The minimum atomic E-state index is -0.553. The number of rotatable bonds is 8. The highest BCUT2D eigenvalue weighted by molar-refractivity contribution is 5.92. The SMILES string of the molecule is COCCCN1Cc2cc(NC(=O)Cc3cccc(OC)c3)ccc2O[C@H](C)C1=O. The molecule has 0 fully saturated rings. The summed E-state index contributed by atoms with van der Waals surface area (Å²) in [6.45, 7) is 3.37. The lowest BCUT2D eigenvalue weighted by molar-refractivity contribution is -0.137. The van der Waals surface area contributed by atoms with Crippen LogP contribution in [0.4, 0.5) is 5.69 Å². The fourth-order valence-electron chi connectivity index (χ4n) is 3.44. The van der Waals surface area contributed by atoms with Gasteiger partial charge in [-0.15, -0.1) is 0 Å². The third-order valence-corrected chi connectivity index (χ3v) is 4.94. The summed E-state index contributed by atoms with van der Waals surface area (Å²) >= 11 is 0. The van der Waals surface area contributed by atoms with E-state index in [1.54, 1.807) is 38.2 Å². The van der Waals surface area contributed by atoms with Crippen molar-refractivity contribution < 1.29 is 23.8 Å². The molecule has 0 bridgehead atoms. The van der Waals surface area contributed by atoms with E-state index in [-0.39, 0.29) is 18.2 Å². The molecule has 2 aromatic rings. The maximum absolute atomic E-state index is 12.6. The van der Waals surface area contributed by atoms with Crippen LogP contribution in [0.5, 0.6) is 11.5 Å². The minimum Gasteiger partial charge on any atom is -0.497 e. The van der Waals surface area contributed by atoms with Crippen LogP contribution in [-0.2, 0) is 27.3 Å². The van der Waals surface area contributed by atoms with Gasteiger partial charge in [0.25, 0.3) is 5.91 Å². The molecule has 0 saturated carbocycles. The average Bonchev–Trinajstić information content (AvgIpc) is 2.85. The van der Waals surface area contributed by atoms with Crippen LogP contribution in [0.3, 0.4) is 0 Å². The van der Waals surface area contributed by atoms with Gasteiger partial charge in [-0.3, -0.25) is 9.59 Å². The number of fused-ring (bicyclic) bond motifs is 1. The molecule has 160 valence electrons. The molecule has 7 nitrogen and oxygen atoms in total. The van der Waals surface area contributed by atoms with Gasteiger partial charge in [-0.25, -0.2) is 0 Å². The molecular weight excluding hydrogens is 384 g/mol. The fraction of sp³-hybridized carbons (Fsp3) is 0.391. The van der Waals surface area contributed by atoms with Crippen molar-refractivity contribution in [3.05, 3.63) is 53.6 Å².